The number of anilines is 1. The van der Waals surface area contributed by atoms with Crippen molar-refractivity contribution in [3.63, 3.8) is 0 Å². The highest BCUT2D eigenvalue weighted by molar-refractivity contribution is 6.17. The van der Waals surface area contributed by atoms with Crippen LogP contribution in [0.25, 0.3) is 5.65 Å². The summed E-state index contributed by atoms with van der Waals surface area (Å²) in [6.07, 6.45) is 8.75. The Morgan fingerprint density at radius 3 is 3.22 bits per heavy atom. The van der Waals surface area contributed by atoms with Gasteiger partial charge in [-0.2, -0.15) is 0 Å². The largest absolute Gasteiger partial charge is 0.355 e. The molecule has 0 spiro atoms. The summed E-state index contributed by atoms with van der Waals surface area (Å²) in [4.78, 5) is 6.87. The van der Waals surface area contributed by atoms with Crippen LogP contribution in [-0.2, 0) is 0 Å². The lowest BCUT2D eigenvalue weighted by Gasteiger charge is -2.27. The van der Waals surface area contributed by atoms with Crippen molar-refractivity contribution in [1.82, 2.24) is 9.38 Å². The average molecular weight is 264 g/mol. The number of hydrogen-bond acceptors (Lipinski definition) is 2. The highest BCUT2D eigenvalue weighted by atomic mass is 35.5. The third-order valence-corrected chi connectivity index (χ3v) is 4.02. The van der Waals surface area contributed by atoms with Crippen LogP contribution in [0.5, 0.6) is 0 Å². The molecule has 96 valence electrons. The maximum absolute atomic E-state index is 5.82. The van der Waals surface area contributed by atoms with Gasteiger partial charge in [-0.1, -0.05) is 6.07 Å². The van der Waals surface area contributed by atoms with Crippen molar-refractivity contribution in [2.45, 2.75) is 31.7 Å². The van der Waals surface area contributed by atoms with Gasteiger partial charge in [0.15, 0.2) is 0 Å². The Morgan fingerprint density at radius 2 is 2.33 bits per heavy atom. The predicted octanol–water partition coefficient (Wildman–Crippen LogP) is 3.32. The molecule has 0 amide bonds. The number of pyridine rings is 1. The molecule has 1 aliphatic heterocycles. The van der Waals surface area contributed by atoms with Gasteiger partial charge in [-0.3, -0.25) is 4.40 Å². The Kier molecular flexibility index (Phi) is 3.41. The normalized spacial score (nSPS) is 19.8. The van der Waals surface area contributed by atoms with Crippen LogP contribution in [0, 0.1) is 0 Å². The number of aromatic nitrogens is 2. The van der Waals surface area contributed by atoms with Crippen LogP contribution in [0.3, 0.4) is 0 Å². The topological polar surface area (TPSA) is 20.5 Å². The number of hydrogen-bond donors (Lipinski definition) is 0. The van der Waals surface area contributed by atoms with Crippen molar-refractivity contribution in [2.24, 2.45) is 0 Å². The Bertz CT molecular complexity index is 522. The molecule has 18 heavy (non-hydrogen) atoms. The van der Waals surface area contributed by atoms with Crippen LogP contribution in [0.4, 0.5) is 5.82 Å². The molecule has 0 radical (unpaired) electrons. The number of halogens is 1. The van der Waals surface area contributed by atoms with Crippen molar-refractivity contribution in [1.29, 1.82) is 0 Å². The fourth-order valence-electron chi connectivity index (χ4n) is 2.92. The monoisotopic (exact) mass is 263 g/mol. The lowest BCUT2D eigenvalue weighted by atomic mass is 10.1. The molecule has 2 aromatic heterocycles. The van der Waals surface area contributed by atoms with E-state index < -0.39 is 0 Å². The summed E-state index contributed by atoms with van der Waals surface area (Å²) in [5, 5.41) is 0. The van der Waals surface area contributed by atoms with E-state index in [1.807, 2.05) is 18.5 Å². The van der Waals surface area contributed by atoms with Gasteiger partial charge in [0.1, 0.15) is 11.5 Å². The highest BCUT2D eigenvalue weighted by Crippen LogP contribution is 2.28. The van der Waals surface area contributed by atoms with E-state index >= 15 is 0 Å². The minimum Gasteiger partial charge on any atom is -0.355 e. The number of alkyl halides is 1. The third kappa shape index (κ3) is 2.07. The summed E-state index contributed by atoms with van der Waals surface area (Å²) < 4.78 is 2.18. The van der Waals surface area contributed by atoms with Crippen molar-refractivity contribution >= 4 is 23.1 Å². The smallest absolute Gasteiger partial charge is 0.138 e. The van der Waals surface area contributed by atoms with E-state index in [0.717, 1.165) is 24.5 Å². The Morgan fingerprint density at radius 1 is 1.39 bits per heavy atom. The molecule has 1 aliphatic rings. The maximum Gasteiger partial charge on any atom is 0.138 e. The molecule has 1 saturated heterocycles. The summed E-state index contributed by atoms with van der Waals surface area (Å²) in [6, 6.07) is 6.96. The molecule has 0 aliphatic carbocycles. The lowest BCUT2D eigenvalue weighted by Crippen LogP contribution is -2.30. The van der Waals surface area contributed by atoms with Gasteiger partial charge in [0, 0.05) is 30.9 Å². The summed E-state index contributed by atoms with van der Waals surface area (Å²) >= 11 is 5.82. The second kappa shape index (κ2) is 5.19. The molecule has 1 fully saturated rings. The number of nitrogens with zero attached hydrogens (tertiary/aromatic N) is 3. The third-order valence-electron chi connectivity index (χ3n) is 3.75. The SMILES string of the molecule is ClCCCC1CCCN1c1cccc2nccn12. The standard InChI is InChI=1S/C14H18ClN3/c15-8-2-4-12-5-3-10-17(12)14-7-1-6-13-16-9-11-18(13)14/h1,6-7,9,11-12H,2-5,8,10H2. The van der Waals surface area contributed by atoms with Gasteiger partial charge in [0.05, 0.1) is 0 Å². The predicted molar refractivity (Wildman–Crippen MR) is 75.5 cm³/mol. The number of rotatable bonds is 4. The Labute approximate surface area is 112 Å². The first-order valence-corrected chi connectivity index (χ1v) is 7.18. The van der Waals surface area contributed by atoms with Crippen molar-refractivity contribution < 1.29 is 0 Å². The highest BCUT2D eigenvalue weighted by Gasteiger charge is 2.25. The van der Waals surface area contributed by atoms with Gasteiger partial charge < -0.3 is 4.90 Å². The molecule has 0 N–H and O–H groups in total. The molecule has 0 bridgehead atoms. The van der Waals surface area contributed by atoms with Crippen molar-refractivity contribution in [2.75, 3.05) is 17.3 Å². The van der Waals surface area contributed by atoms with Crippen LogP contribution in [0.15, 0.2) is 30.6 Å². The molecular formula is C14H18ClN3. The van der Waals surface area contributed by atoms with E-state index in [9.17, 15) is 0 Å². The first-order valence-electron chi connectivity index (χ1n) is 6.65. The van der Waals surface area contributed by atoms with Gasteiger partial charge in [-0.05, 0) is 37.8 Å². The zero-order valence-electron chi connectivity index (χ0n) is 10.4. The molecule has 0 aromatic carbocycles. The minimum atomic E-state index is 0.636. The van der Waals surface area contributed by atoms with Crippen LogP contribution < -0.4 is 4.90 Å². The minimum absolute atomic E-state index is 0.636. The van der Waals surface area contributed by atoms with E-state index in [0.29, 0.717) is 6.04 Å². The summed E-state index contributed by atoms with van der Waals surface area (Å²) in [7, 11) is 0. The first-order chi connectivity index (χ1) is 8.90. The van der Waals surface area contributed by atoms with Crippen LogP contribution in [-0.4, -0.2) is 27.9 Å². The van der Waals surface area contributed by atoms with Crippen LogP contribution >= 0.6 is 11.6 Å². The molecule has 1 unspecified atom stereocenters. The van der Waals surface area contributed by atoms with Crippen LogP contribution in [0.1, 0.15) is 25.7 Å². The molecule has 3 rings (SSSR count). The van der Waals surface area contributed by atoms with Gasteiger partial charge in [0.2, 0.25) is 0 Å². The first kappa shape index (κ1) is 11.8. The maximum atomic E-state index is 5.82. The van der Waals surface area contributed by atoms with Crippen LogP contribution in [0.2, 0.25) is 0 Å². The summed E-state index contributed by atoms with van der Waals surface area (Å²) in [6.45, 7) is 1.14. The fourth-order valence-corrected chi connectivity index (χ4v) is 3.07. The van der Waals surface area contributed by atoms with Crippen molar-refractivity contribution in [3.05, 3.63) is 30.6 Å². The van der Waals surface area contributed by atoms with Gasteiger partial charge >= 0.3 is 0 Å². The van der Waals surface area contributed by atoms with Crippen molar-refractivity contribution in [3.8, 4) is 0 Å². The second-order valence-electron chi connectivity index (χ2n) is 4.86. The van der Waals surface area contributed by atoms with E-state index in [4.69, 9.17) is 11.6 Å². The zero-order chi connectivity index (χ0) is 12.4. The van der Waals surface area contributed by atoms with E-state index in [1.165, 1.54) is 25.1 Å². The van der Waals surface area contributed by atoms with Gasteiger partial charge in [0.25, 0.3) is 0 Å². The zero-order valence-corrected chi connectivity index (χ0v) is 11.2. The molecule has 3 heterocycles. The molecular weight excluding hydrogens is 246 g/mol. The lowest BCUT2D eigenvalue weighted by molar-refractivity contribution is 0.597. The van der Waals surface area contributed by atoms with Gasteiger partial charge in [-0.25, -0.2) is 4.98 Å². The molecule has 3 nitrogen and oxygen atoms in total. The Balaban J connectivity index is 1.90. The quantitative estimate of drug-likeness (QED) is 0.789. The number of imidazole rings is 1. The summed E-state index contributed by atoms with van der Waals surface area (Å²) in [5.41, 5.74) is 1.02. The molecule has 0 saturated carbocycles. The summed E-state index contributed by atoms with van der Waals surface area (Å²) in [5.74, 6) is 2.03. The second-order valence-corrected chi connectivity index (χ2v) is 5.24. The molecule has 2 aromatic rings. The van der Waals surface area contributed by atoms with E-state index in [-0.39, 0.29) is 0 Å². The van der Waals surface area contributed by atoms with E-state index in [2.05, 4.69) is 26.4 Å². The Hall–Kier alpha value is -1.22. The molecule has 1 atom stereocenters. The van der Waals surface area contributed by atoms with E-state index in [1.54, 1.807) is 0 Å². The van der Waals surface area contributed by atoms with Gasteiger partial charge in [-0.15, -0.1) is 11.6 Å². The fraction of sp³-hybridized carbons (Fsp3) is 0.500. The molecule has 4 heteroatoms. The average Bonchev–Trinajstić information content (AvgIpc) is 3.04. The number of fused-ring (bicyclic) bond motifs is 1.